The van der Waals surface area contributed by atoms with E-state index in [1.807, 2.05) is 0 Å². The van der Waals surface area contributed by atoms with Gasteiger partial charge in [-0.1, -0.05) is 0 Å². The molecule has 0 aliphatic carbocycles. The van der Waals surface area contributed by atoms with E-state index < -0.39 is 30.1 Å². The maximum atomic E-state index is 13.3. The Morgan fingerprint density at radius 3 is 2.50 bits per heavy atom. The van der Waals surface area contributed by atoms with Crippen LogP contribution in [0.4, 0.5) is 13.6 Å². The van der Waals surface area contributed by atoms with Gasteiger partial charge in [-0.15, -0.1) is 0 Å². The molecule has 1 amide bonds. The maximum Gasteiger partial charge on any atom is 0.410 e. The molecule has 0 aromatic carbocycles. The lowest BCUT2D eigenvalue weighted by molar-refractivity contribution is -0.0271. The van der Waals surface area contributed by atoms with Crippen molar-refractivity contribution in [1.29, 1.82) is 0 Å². The largest absolute Gasteiger partial charge is 0.444 e. The molecule has 0 spiro atoms. The fourth-order valence-corrected chi connectivity index (χ4v) is 1.56. The Bertz CT molecular complexity index is 276. The number of alkyl halides is 2. The number of halogens is 2. The lowest BCUT2D eigenvalue weighted by Gasteiger charge is -2.24. The van der Waals surface area contributed by atoms with Gasteiger partial charge in [0.05, 0.1) is 12.5 Å². The van der Waals surface area contributed by atoms with Crippen LogP contribution >= 0.6 is 0 Å². The van der Waals surface area contributed by atoms with Crippen LogP contribution in [0.3, 0.4) is 0 Å². The molecule has 4 nitrogen and oxygen atoms in total. The first-order valence-corrected chi connectivity index (χ1v) is 5.21. The van der Waals surface area contributed by atoms with Gasteiger partial charge in [0.2, 0.25) is 0 Å². The Hall–Kier alpha value is -0.910. The number of rotatable bonds is 1. The van der Waals surface area contributed by atoms with Crippen molar-refractivity contribution in [2.24, 2.45) is 11.7 Å². The van der Waals surface area contributed by atoms with E-state index in [0.29, 0.717) is 0 Å². The second-order valence-electron chi connectivity index (χ2n) is 5.05. The van der Waals surface area contributed by atoms with E-state index in [2.05, 4.69) is 0 Å². The van der Waals surface area contributed by atoms with Crippen LogP contribution in [0.25, 0.3) is 0 Å². The monoisotopic (exact) mass is 236 g/mol. The summed E-state index contributed by atoms with van der Waals surface area (Å²) in [6, 6.07) is 0. The van der Waals surface area contributed by atoms with Gasteiger partial charge in [-0.2, -0.15) is 0 Å². The number of amides is 1. The Morgan fingerprint density at radius 1 is 1.56 bits per heavy atom. The highest BCUT2D eigenvalue weighted by Crippen LogP contribution is 2.33. The number of hydrogen-bond acceptors (Lipinski definition) is 3. The van der Waals surface area contributed by atoms with Crippen LogP contribution in [-0.2, 0) is 4.74 Å². The Balaban J connectivity index is 2.62. The first kappa shape index (κ1) is 13.2. The minimum Gasteiger partial charge on any atom is -0.444 e. The van der Waals surface area contributed by atoms with Gasteiger partial charge in [0.1, 0.15) is 5.60 Å². The smallest absolute Gasteiger partial charge is 0.410 e. The summed E-state index contributed by atoms with van der Waals surface area (Å²) in [5.41, 5.74) is 4.57. The van der Waals surface area contributed by atoms with E-state index in [1.54, 1.807) is 20.8 Å². The summed E-state index contributed by atoms with van der Waals surface area (Å²) in [6.07, 6.45) is -0.705. The second-order valence-corrected chi connectivity index (χ2v) is 5.05. The first-order chi connectivity index (χ1) is 7.15. The Morgan fingerprint density at radius 2 is 2.12 bits per heavy atom. The molecule has 1 heterocycles. The predicted octanol–water partition coefficient (Wildman–Crippen LogP) is 1.45. The number of ether oxygens (including phenoxy) is 1. The van der Waals surface area contributed by atoms with Crippen molar-refractivity contribution < 1.29 is 18.3 Å². The molecule has 16 heavy (non-hydrogen) atoms. The van der Waals surface area contributed by atoms with Crippen molar-refractivity contribution in [3.05, 3.63) is 0 Å². The van der Waals surface area contributed by atoms with E-state index >= 15 is 0 Å². The van der Waals surface area contributed by atoms with E-state index in [0.717, 1.165) is 4.90 Å². The quantitative estimate of drug-likeness (QED) is 0.749. The van der Waals surface area contributed by atoms with Gasteiger partial charge < -0.3 is 15.4 Å². The Kier molecular flexibility index (Phi) is 3.42. The van der Waals surface area contributed by atoms with Crippen LogP contribution in [0.15, 0.2) is 0 Å². The lowest BCUT2D eigenvalue weighted by atomic mass is 10.1. The average molecular weight is 236 g/mol. The highest BCUT2D eigenvalue weighted by atomic mass is 19.3. The van der Waals surface area contributed by atoms with Crippen LogP contribution in [0.2, 0.25) is 0 Å². The molecule has 1 fully saturated rings. The number of likely N-dealkylation sites (tertiary alicyclic amines) is 1. The van der Waals surface area contributed by atoms with Crippen molar-refractivity contribution >= 4 is 6.09 Å². The number of carbonyl (C=O) groups is 1. The molecule has 1 aliphatic rings. The molecule has 1 aliphatic heterocycles. The normalized spacial score (nSPS) is 24.6. The van der Waals surface area contributed by atoms with E-state index in [-0.39, 0.29) is 13.1 Å². The molecule has 0 aromatic heterocycles. The van der Waals surface area contributed by atoms with E-state index in [1.165, 1.54) is 0 Å². The van der Waals surface area contributed by atoms with Crippen molar-refractivity contribution in [2.75, 3.05) is 19.6 Å². The van der Waals surface area contributed by atoms with Gasteiger partial charge in [-0.25, -0.2) is 13.6 Å². The van der Waals surface area contributed by atoms with Gasteiger partial charge in [0, 0.05) is 13.1 Å². The zero-order valence-electron chi connectivity index (χ0n) is 9.80. The van der Waals surface area contributed by atoms with Gasteiger partial charge in [-0.05, 0) is 20.8 Å². The molecule has 0 radical (unpaired) electrons. The molecule has 2 N–H and O–H groups in total. The second kappa shape index (κ2) is 4.16. The Labute approximate surface area is 93.7 Å². The maximum absolute atomic E-state index is 13.3. The molecular formula is C10H18F2N2O2. The molecule has 1 saturated heterocycles. The zero-order chi connectivity index (χ0) is 12.6. The molecule has 94 valence electrons. The summed E-state index contributed by atoms with van der Waals surface area (Å²) in [6.45, 7) is 4.30. The highest BCUT2D eigenvalue weighted by molar-refractivity contribution is 5.68. The van der Waals surface area contributed by atoms with E-state index in [9.17, 15) is 13.6 Å². The molecule has 6 heteroatoms. The van der Waals surface area contributed by atoms with E-state index in [4.69, 9.17) is 10.5 Å². The van der Waals surface area contributed by atoms with Crippen molar-refractivity contribution in [2.45, 2.75) is 32.3 Å². The van der Waals surface area contributed by atoms with Crippen LogP contribution in [0.5, 0.6) is 0 Å². The van der Waals surface area contributed by atoms with Crippen molar-refractivity contribution in [3.8, 4) is 0 Å². The third-order valence-corrected chi connectivity index (χ3v) is 2.38. The van der Waals surface area contributed by atoms with Crippen LogP contribution in [-0.4, -0.2) is 42.2 Å². The highest BCUT2D eigenvalue weighted by Gasteiger charge is 2.49. The molecule has 0 bridgehead atoms. The number of carbonyl (C=O) groups excluding carboxylic acids is 1. The van der Waals surface area contributed by atoms with Crippen LogP contribution in [0, 0.1) is 5.92 Å². The number of nitrogens with two attached hydrogens (primary N) is 1. The molecule has 1 rings (SSSR count). The summed E-state index contributed by atoms with van der Waals surface area (Å²) >= 11 is 0. The lowest BCUT2D eigenvalue weighted by Crippen LogP contribution is -2.36. The molecule has 0 saturated carbocycles. The first-order valence-electron chi connectivity index (χ1n) is 5.21. The summed E-state index contributed by atoms with van der Waals surface area (Å²) < 4.78 is 31.7. The van der Waals surface area contributed by atoms with Gasteiger partial charge in [0.25, 0.3) is 5.92 Å². The SMILES string of the molecule is CC(C)(C)OC(=O)N1C[C@@H](CN)C(F)(F)C1. The van der Waals surface area contributed by atoms with Crippen molar-refractivity contribution in [3.63, 3.8) is 0 Å². The summed E-state index contributed by atoms with van der Waals surface area (Å²) in [7, 11) is 0. The third kappa shape index (κ3) is 3.04. The molecular weight excluding hydrogens is 218 g/mol. The van der Waals surface area contributed by atoms with Gasteiger partial charge >= 0.3 is 6.09 Å². The molecule has 0 unspecified atom stereocenters. The summed E-state index contributed by atoms with van der Waals surface area (Å²) in [5.74, 6) is -3.88. The fraction of sp³-hybridized carbons (Fsp3) is 0.900. The van der Waals surface area contributed by atoms with Crippen molar-refractivity contribution in [1.82, 2.24) is 4.90 Å². The number of hydrogen-bond donors (Lipinski definition) is 1. The summed E-state index contributed by atoms with van der Waals surface area (Å²) in [4.78, 5) is 12.6. The minimum atomic E-state index is -2.91. The average Bonchev–Trinajstić information content (AvgIpc) is 2.37. The van der Waals surface area contributed by atoms with Gasteiger partial charge in [0.15, 0.2) is 0 Å². The zero-order valence-corrected chi connectivity index (χ0v) is 9.80. The fourth-order valence-electron chi connectivity index (χ4n) is 1.56. The summed E-state index contributed by atoms with van der Waals surface area (Å²) in [5, 5.41) is 0. The van der Waals surface area contributed by atoms with Crippen LogP contribution in [0.1, 0.15) is 20.8 Å². The predicted molar refractivity (Wildman–Crippen MR) is 55.3 cm³/mol. The third-order valence-electron chi connectivity index (χ3n) is 2.38. The van der Waals surface area contributed by atoms with Crippen LogP contribution < -0.4 is 5.73 Å². The topological polar surface area (TPSA) is 55.6 Å². The standard InChI is InChI=1S/C10H18F2N2O2/c1-9(2,3)16-8(15)14-5-7(4-13)10(11,12)6-14/h7H,4-6,13H2,1-3H3/t7-/m1/s1. The minimum absolute atomic E-state index is 0.0432. The number of nitrogens with zero attached hydrogens (tertiary/aromatic N) is 1. The molecule has 0 aromatic rings. The van der Waals surface area contributed by atoms with Gasteiger partial charge in [-0.3, -0.25) is 0 Å². The molecule has 1 atom stereocenters.